The summed E-state index contributed by atoms with van der Waals surface area (Å²) in [5.74, 6) is 0.215. The molecule has 1 aromatic rings. The van der Waals surface area contributed by atoms with Crippen LogP contribution in [0.15, 0.2) is 23.1 Å². The van der Waals surface area contributed by atoms with Gasteiger partial charge in [-0.1, -0.05) is 0 Å². The van der Waals surface area contributed by atoms with E-state index in [2.05, 4.69) is 11.0 Å². The number of ketones is 1. The first-order valence-electron chi connectivity index (χ1n) is 6.64. The largest absolute Gasteiger partial charge is 0.379 e. The van der Waals surface area contributed by atoms with Crippen molar-refractivity contribution in [1.29, 1.82) is 0 Å². The van der Waals surface area contributed by atoms with Gasteiger partial charge in [-0.2, -0.15) is 0 Å². The molecule has 19 heavy (non-hydrogen) atoms. The van der Waals surface area contributed by atoms with Gasteiger partial charge in [0.15, 0.2) is 5.78 Å². The van der Waals surface area contributed by atoms with Gasteiger partial charge in [0.25, 0.3) is 0 Å². The highest BCUT2D eigenvalue weighted by molar-refractivity contribution is 7.98. The second kappa shape index (κ2) is 6.55. The van der Waals surface area contributed by atoms with Crippen LogP contribution in [0.25, 0.3) is 0 Å². The molecular weight excluding hydrogens is 258 g/mol. The van der Waals surface area contributed by atoms with Gasteiger partial charge in [0.2, 0.25) is 0 Å². The first kappa shape index (κ1) is 14.6. The van der Waals surface area contributed by atoms with Crippen LogP contribution in [0.5, 0.6) is 0 Å². The summed E-state index contributed by atoms with van der Waals surface area (Å²) < 4.78 is 5.33. The summed E-state index contributed by atoms with van der Waals surface area (Å²) in [4.78, 5) is 16.0. The van der Waals surface area contributed by atoms with Crippen LogP contribution in [0.3, 0.4) is 0 Å². The molecule has 1 atom stereocenters. The maximum Gasteiger partial charge on any atom is 0.179 e. The van der Waals surface area contributed by atoms with E-state index < -0.39 is 0 Å². The van der Waals surface area contributed by atoms with Gasteiger partial charge < -0.3 is 4.74 Å². The van der Waals surface area contributed by atoms with Gasteiger partial charge in [0, 0.05) is 23.5 Å². The molecule has 0 bridgehead atoms. The van der Waals surface area contributed by atoms with Crippen LogP contribution >= 0.6 is 11.8 Å². The number of morpholine rings is 1. The molecule has 1 fully saturated rings. The van der Waals surface area contributed by atoms with E-state index in [4.69, 9.17) is 4.74 Å². The van der Waals surface area contributed by atoms with E-state index in [1.165, 1.54) is 4.90 Å². The van der Waals surface area contributed by atoms with Crippen molar-refractivity contribution in [3.63, 3.8) is 0 Å². The Bertz CT molecular complexity index is 455. The van der Waals surface area contributed by atoms with Crippen LogP contribution in [0, 0.1) is 6.92 Å². The number of aryl methyl sites for hydroxylation is 1. The van der Waals surface area contributed by atoms with Crippen molar-refractivity contribution in [3.8, 4) is 0 Å². The number of carbonyl (C=O) groups is 1. The highest BCUT2D eigenvalue weighted by Gasteiger charge is 2.24. The fourth-order valence-corrected chi connectivity index (χ4v) is 2.89. The molecule has 0 aromatic heterocycles. The number of Topliss-reactive ketones (excluding diaryl/α,β-unsaturated/α-hetero) is 1. The second-order valence-electron chi connectivity index (χ2n) is 4.87. The highest BCUT2D eigenvalue weighted by atomic mass is 32.2. The number of carbonyl (C=O) groups excluding carboxylic acids is 1. The molecule has 1 aliphatic heterocycles. The van der Waals surface area contributed by atoms with Crippen molar-refractivity contribution >= 4 is 17.5 Å². The minimum absolute atomic E-state index is 0.0669. The summed E-state index contributed by atoms with van der Waals surface area (Å²) in [6.07, 6.45) is 2.05. The Morgan fingerprint density at radius 2 is 2.05 bits per heavy atom. The van der Waals surface area contributed by atoms with E-state index in [0.29, 0.717) is 0 Å². The Morgan fingerprint density at radius 3 is 2.63 bits per heavy atom. The molecule has 1 unspecified atom stereocenters. The molecule has 0 aliphatic carbocycles. The molecule has 104 valence electrons. The number of rotatable bonds is 4. The summed E-state index contributed by atoms with van der Waals surface area (Å²) >= 11 is 1.70. The zero-order valence-corrected chi connectivity index (χ0v) is 12.6. The third kappa shape index (κ3) is 3.38. The van der Waals surface area contributed by atoms with Gasteiger partial charge in [-0.25, -0.2) is 0 Å². The van der Waals surface area contributed by atoms with E-state index in [1.54, 1.807) is 11.8 Å². The van der Waals surface area contributed by atoms with Crippen LogP contribution in [0.2, 0.25) is 0 Å². The van der Waals surface area contributed by atoms with Crippen molar-refractivity contribution in [2.24, 2.45) is 0 Å². The summed E-state index contributed by atoms with van der Waals surface area (Å²) in [6, 6.07) is 6.00. The number of ether oxygens (including phenoxy) is 1. The van der Waals surface area contributed by atoms with Gasteiger partial charge in [0.05, 0.1) is 19.3 Å². The van der Waals surface area contributed by atoms with Crippen molar-refractivity contribution in [1.82, 2.24) is 4.90 Å². The molecule has 1 heterocycles. The normalized spacial score (nSPS) is 18.3. The lowest BCUT2D eigenvalue weighted by Gasteiger charge is -2.31. The fraction of sp³-hybridized carbons (Fsp3) is 0.533. The minimum atomic E-state index is -0.0669. The van der Waals surface area contributed by atoms with Gasteiger partial charge in [-0.05, 0) is 43.9 Å². The van der Waals surface area contributed by atoms with Crippen LogP contribution in [0.1, 0.15) is 22.8 Å². The average Bonchev–Trinajstić information content (AvgIpc) is 2.46. The predicted octanol–water partition coefficient (Wildman–Crippen LogP) is 2.62. The maximum absolute atomic E-state index is 12.6. The van der Waals surface area contributed by atoms with Crippen molar-refractivity contribution in [2.45, 2.75) is 24.8 Å². The molecule has 0 spiro atoms. The maximum atomic E-state index is 12.6. The predicted molar refractivity (Wildman–Crippen MR) is 79.1 cm³/mol. The van der Waals surface area contributed by atoms with Gasteiger partial charge in [-0.15, -0.1) is 11.8 Å². The second-order valence-corrected chi connectivity index (χ2v) is 5.75. The minimum Gasteiger partial charge on any atom is -0.379 e. The van der Waals surface area contributed by atoms with E-state index in [9.17, 15) is 4.79 Å². The summed E-state index contributed by atoms with van der Waals surface area (Å²) in [7, 11) is 0. The molecule has 1 saturated heterocycles. The number of hydrogen-bond donors (Lipinski definition) is 0. The van der Waals surface area contributed by atoms with E-state index in [0.717, 1.165) is 37.4 Å². The van der Waals surface area contributed by atoms with Crippen LogP contribution in [-0.2, 0) is 4.74 Å². The SMILES string of the molecule is CSc1ccc(C(=O)C(C)N2CCOCC2)c(C)c1. The molecular formula is C15H21NO2S. The van der Waals surface area contributed by atoms with Gasteiger partial charge in [-0.3, -0.25) is 9.69 Å². The Balaban J connectivity index is 2.14. The summed E-state index contributed by atoms with van der Waals surface area (Å²) in [6.45, 7) is 7.14. The molecule has 0 N–H and O–H groups in total. The van der Waals surface area contributed by atoms with Crippen LogP contribution < -0.4 is 0 Å². The van der Waals surface area contributed by atoms with Crippen molar-refractivity contribution in [2.75, 3.05) is 32.6 Å². The van der Waals surface area contributed by atoms with E-state index >= 15 is 0 Å². The molecule has 2 rings (SSSR count). The Labute approximate surface area is 119 Å². The first-order chi connectivity index (χ1) is 9.13. The first-order valence-corrected chi connectivity index (χ1v) is 7.86. The summed E-state index contributed by atoms with van der Waals surface area (Å²) in [5.41, 5.74) is 1.91. The lowest BCUT2D eigenvalue weighted by atomic mass is 9.99. The standard InChI is InChI=1S/C15H21NO2S/c1-11-10-13(19-3)4-5-14(11)15(17)12(2)16-6-8-18-9-7-16/h4-5,10,12H,6-9H2,1-3H3. The Morgan fingerprint density at radius 1 is 1.37 bits per heavy atom. The molecule has 3 nitrogen and oxygen atoms in total. The number of benzene rings is 1. The van der Waals surface area contributed by atoms with Crippen LogP contribution in [-0.4, -0.2) is 49.3 Å². The van der Waals surface area contributed by atoms with Crippen molar-refractivity contribution < 1.29 is 9.53 Å². The molecule has 1 aromatic carbocycles. The average molecular weight is 279 g/mol. The third-order valence-corrected chi connectivity index (χ3v) is 4.40. The molecule has 4 heteroatoms. The zero-order chi connectivity index (χ0) is 13.8. The zero-order valence-electron chi connectivity index (χ0n) is 11.8. The molecule has 0 amide bonds. The van der Waals surface area contributed by atoms with Gasteiger partial charge >= 0.3 is 0 Å². The quantitative estimate of drug-likeness (QED) is 0.626. The fourth-order valence-electron chi connectivity index (χ4n) is 2.40. The molecule has 1 aliphatic rings. The van der Waals surface area contributed by atoms with Gasteiger partial charge in [0.1, 0.15) is 0 Å². The Kier molecular flexibility index (Phi) is 5.02. The smallest absolute Gasteiger partial charge is 0.179 e. The number of nitrogens with zero attached hydrogens (tertiary/aromatic N) is 1. The Hall–Kier alpha value is -0.840. The lowest BCUT2D eigenvalue weighted by molar-refractivity contribution is 0.0208. The molecule has 0 radical (unpaired) electrons. The van der Waals surface area contributed by atoms with Crippen LogP contribution in [0.4, 0.5) is 0 Å². The third-order valence-electron chi connectivity index (χ3n) is 3.67. The van der Waals surface area contributed by atoms with E-state index in [-0.39, 0.29) is 11.8 Å². The van der Waals surface area contributed by atoms with E-state index in [1.807, 2.05) is 32.2 Å². The lowest BCUT2D eigenvalue weighted by Crippen LogP contribution is -2.45. The molecule has 0 saturated carbocycles. The van der Waals surface area contributed by atoms with Crippen molar-refractivity contribution in [3.05, 3.63) is 29.3 Å². The summed E-state index contributed by atoms with van der Waals surface area (Å²) in [5, 5.41) is 0. The highest BCUT2D eigenvalue weighted by Crippen LogP contribution is 2.21. The number of hydrogen-bond acceptors (Lipinski definition) is 4. The monoisotopic (exact) mass is 279 g/mol. The topological polar surface area (TPSA) is 29.5 Å². The number of thioether (sulfide) groups is 1.